The molecule has 0 aliphatic heterocycles. The molecule has 4 aromatic carbocycles. The lowest BCUT2D eigenvalue weighted by Crippen LogP contribution is -2.41. The Kier molecular flexibility index (Phi) is 20.7. The Morgan fingerprint density at radius 3 is 1.34 bits per heavy atom. The van der Waals surface area contributed by atoms with Gasteiger partial charge in [-0.2, -0.15) is 0 Å². The highest BCUT2D eigenvalue weighted by molar-refractivity contribution is 9.10. The second kappa shape index (κ2) is 26.7. The third kappa shape index (κ3) is 17.2. The van der Waals surface area contributed by atoms with Crippen molar-refractivity contribution in [1.82, 2.24) is 30.0 Å². The summed E-state index contributed by atoms with van der Waals surface area (Å²) in [5, 5.41) is 23.3. The lowest BCUT2D eigenvalue weighted by atomic mass is 9.81. The number of pyridine rings is 2. The van der Waals surface area contributed by atoms with E-state index in [1.54, 1.807) is 97.5 Å². The van der Waals surface area contributed by atoms with Crippen molar-refractivity contribution in [2.24, 2.45) is 11.8 Å². The molecule has 2 aliphatic rings. The van der Waals surface area contributed by atoms with E-state index >= 15 is 0 Å². The van der Waals surface area contributed by atoms with Gasteiger partial charge in [-0.05, 0) is 174 Å². The summed E-state index contributed by atoms with van der Waals surface area (Å²) < 4.78 is 83.4. The maximum atomic E-state index is 13.1. The van der Waals surface area contributed by atoms with Gasteiger partial charge in [0, 0.05) is 64.2 Å². The van der Waals surface area contributed by atoms with Gasteiger partial charge in [-0.25, -0.2) is 35.1 Å². The molecule has 2 saturated carbocycles. The molecule has 2 amide bonds. The van der Waals surface area contributed by atoms with Gasteiger partial charge >= 0.3 is 7.12 Å². The maximum Gasteiger partial charge on any atom is 0.490 e. The minimum absolute atomic E-state index is 0.0453. The molecule has 6 N–H and O–H groups in total. The lowest BCUT2D eigenvalue weighted by Gasteiger charge is -2.29. The molecule has 20 heteroatoms. The van der Waals surface area contributed by atoms with Crippen LogP contribution in [0.5, 0.6) is 0 Å². The minimum Gasteiger partial charge on any atom is -0.423 e. The van der Waals surface area contributed by atoms with Crippen LogP contribution in [0.2, 0.25) is 0 Å². The van der Waals surface area contributed by atoms with Crippen molar-refractivity contribution in [2.45, 2.75) is 113 Å². The maximum absolute atomic E-state index is 13.1. The Morgan fingerprint density at radius 2 is 0.959 bits per heavy atom. The second-order valence-corrected chi connectivity index (χ2v) is 23.1. The molecule has 0 saturated heterocycles. The number of nitrogens with one attached hydrogen (secondary N) is 4. The zero-order valence-electron chi connectivity index (χ0n) is 41.6. The first-order chi connectivity index (χ1) is 35.1. The predicted octanol–water partition coefficient (Wildman–Crippen LogP) is 8.28. The van der Waals surface area contributed by atoms with Crippen LogP contribution in [0.15, 0.2) is 148 Å². The molecule has 2 fully saturated rings. The fourth-order valence-electron chi connectivity index (χ4n) is 8.73. The van der Waals surface area contributed by atoms with E-state index < -0.39 is 27.2 Å². The topological polar surface area (TPSA) is 217 Å². The van der Waals surface area contributed by atoms with Crippen LogP contribution in [0.3, 0.4) is 0 Å². The molecule has 6 aromatic rings. The standard InChI is InChI=1S/C27H30FN3O3S.C21H24BrFN2O3S.C6H8BNO2/c1-18-15-23(17-29-16-18)21-7-13-26(14-8-21)35(33,34)31-25-11-5-22(6-12-25)27(32)30-19(2)20-3-9-24(28)10-4-20;1-14(15-2-8-18(23)9-3-15)24-21(26)16-4-10-19(11-5-16)25-29(27,28)20-12-6-17(22)7-13-20;1-5-2-6(7(9)10)4-8-3-5/h3-4,7-10,13-17,19,22,25,31H,5-6,11-12H2,1-2H3,(H,30,32);2-3,6-9,12-14,16,19,25H,4-5,10-11H2,1H3,(H,24,26);2-4,9-10H,1H3/t19-,22?,25?;14-,16?,19?;/m11./s1. The third-order valence-corrected chi connectivity index (χ3v) is 16.6. The summed E-state index contributed by atoms with van der Waals surface area (Å²) in [4.78, 5) is 33.7. The summed E-state index contributed by atoms with van der Waals surface area (Å²) in [6.45, 7) is 7.54. The van der Waals surface area contributed by atoms with E-state index in [-0.39, 0.29) is 69.2 Å². The summed E-state index contributed by atoms with van der Waals surface area (Å²) in [5.74, 6) is -1.03. The summed E-state index contributed by atoms with van der Waals surface area (Å²) in [6.07, 6.45) is 11.5. The molecule has 0 bridgehead atoms. The van der Waals surface area contributed by atoms with E-state index in [0.29, 0.717) is 56.8 Å². The molecule has 392 valence electrons. The van der Waals surface area contributed by atoms with E-state index in [4.69, 9.17) is 10.0 Å². The van der Waals surface area contributed by atoms with Crippen molar-refractivity contribution < 1.29 is 45.3 Å². The average molecular weight is 1120 g/mol. The number of benzene rings is 4. The van der Waals surface area contributed by atoms with Gasteiger partial charge in [0.25, 0.3) is 0 Å². The number of carbonyl (C=O) groups excluding carboxylic acids is 2. The molecule has 14 nitrogen and oxygen atoms in total. The summed E-state index contributed by atoms with van der Waals surface area (Å²) in [5.41, 5.74) is 5.91. The number of aryl methyl sites for hydroxylation is 2. The molecule has 74 heavy (non-hydrogen) atoms. The van der Waals surface area contributed by atoms with Crippen molar-refractivity contribution >= 4 is 60.4 Å². The molecule has 8 rings (SSSR count). The Hall–Kier alpha value is -5.74. The zero-order valence-corrected chi connectivity index (χ0v) is 44.8. The van der Waals surface area contributed by atoms with Crippen LogP contribution in [-0.2, 0) is 29.6 Å². The molecular weight excluding hydrogens is 1050 g/mol. The number of halogens is 3. The average Bonchev–Trinajstić information content (AvgIpc) is 3.37. The van der Waals surface area contributed by atoms with Crippen molar-refractivity contribution in [3.63, 3.8) is 0 Å². The first kappa shape index (κ1) is 57.5. The molecule has 0 spiro atoms. The molecule has 2 atom stereocenters. The smallest absolute Gasteiger partial charge is 0.423 e. The number of hydrogen-bond donors (Lipinski definition) is 6. The number of nitrogens with zero attached hydrogens (tertiary/aromatic N) is 2. The van der Waals surface area contributed by atoms with E-state index in [9.17, 15) is 35.2 Å². The van der Waals surface area contributed by atoms with Gasteiger partial charge in [0.2, 0.25) is 31.9 Å². The fraction of sp³-hybridized carbons (Fsp3) is 0.333. The van der Waals surface area contributed by atoms with Crippen LogP contribution < -0.4 is 25.5 Å². The molecular formula is C54H62BBrF2N6O8S2. The van der Waals surface area contributed by atoms with E-state index in [1.807, 2.05) is 33.8 Å². The van der Waals surface area contributed by atoms with Gasteiger partial charge in [-0.1, -0.05) is 58.4 Å². The lowest BCUT2D eigenvalue weighted by molar-refractivity contribution is -0.127. The Labute approximate surface area is 441 Å². The van der Waals surface area contributed by atoms with Gasteiger partial charge < -0.3 is 20.7 Å². The van der Waals surface area contributed by atoms with Gasteiger partial charge in [-0.3, -0.25) is 19.6 Å². The summed E-state index contributed by atoms with van der Waals surface area (Å²) >= 11 is 3.30. The van der Waals surface area contributed by atoms with E-state index in [0.717, 1.165) is 37.9 Å². The van der Waals surface area contributed by atoms with Crippen molar-refractivity contribution in [2.75, 3.05) is 0 Å². The SMILES string of the molecule is C[C@@H](NC(=O)C1CCC(NS(=O)(=O)c2ccc(Br)cc2)CC1)c1ccc(F)cc1.Cc1cncc(-c2ccc(S(=O)(=O)NC3CCC(C(=O)N[C@H](C)c4ccc(F)cc4)CC3)cc2)c1.Cc1cncc(B(O)O)c1. The van der Waals surface area contributed by atoms with Crippen LogP contribution in [0.25, 0.3) is 11.1 Å². The van der Waals surface area contributed by atoms with Crippen molar-refractivity contribution in [1.29, 1.82) is 0 Å². The highest BCUT2D eigenvalue weighted by Crippen LogP contribution is 2.29. The Bertz CT molecular complexity index is 3020. The van der Waals surface area contributed by atoms with Gasteiger partial charge in [0.05, 0.1) is 21.9 Å². The number of rotatable bonds is 14. The largest absolute Gasteiger partial charge is 0.490 e. The van der Waals surface area contributed by atoms with E-state index in [2.05, 4.69) is 46.0 Å². The predicted molar refractivity (Wildman–Crippen MR) is 285 cm³/mol. The molecule has 0 unspecified atom stereocenters. The Balaban J connectivity index is 0.000000205. The number of sulfonamides is 2. The van der Waals surface area contributed by atoms with Crippen molar-refractivity contribution in [3.05, 3.63) is 172 Å². The number of amides is 2. The van der Waals surface area contributed by atoms with Crippen molar-refractivity contribution in [3.8, 4) is 11.1 Å². The van der Waals surface area contributed by atoms with Gasteiger partial charge in [0.15, 0.2) is 0 Å². The van der Waals surface area contributed by atoms with Crippen LogP contribution in [-0.4, -0.2) is 67.9 Å². The monoisotopic (exact) mass is 1110 g/mol. The second-order valence-electron chi connectivity index (χ2n) is 18.8. The van der Waals surface area contributed by atoms with Gasteiger partial charge in [0.1, 0.15) is 11.6 Å². The van der Waals surface area contributed by atoms with Gasteiger partial charge in [-0.15, -0.1) is 0 Å². The number of carbonyl (C=O) groups is 2. The van der Waals surface area contributed by atoms with E-state index in [1.165, 1.54) is 30.5 Å². The normalized spacial score (nSPS) is 18.5. The fourth-order valence-corrected chi connectivity index (χ4v) is 11.6. The third-order valence-electron chi connectivity index (χ3n) is 13.0. The van der Waals surface area contributed by atoms with Crippen LogP contribution >= 0.6 is 15.9 Å². The van der Waals surface area contributed by atoms with Crippen LogP contribution in [0, 0.1) is 37.3 Å². The zero-order chi connectivity index (χ0) is 53.6. The summed E-state index contributed by atoms with van der Waals surface area (Å²) in [7, 11) is -8.64. The molecule has 2 heterocycles. The molecule has 2 aliphatic carbocycles. The first-order valence-corrected chi connectivity index (χ1v) is 28.1. The number of aromatic nitrogens is 2. The molecule has 0 radical (unpaired) electrons. The minimum atomic E-state index is -3.66. The quantitative estimate of drug-likeness (QED) is 0.0574. The first-order valence-electron chi connectivity index (χ1n) is 24.4. The Morgan fingerprint density at radius 1 is 0.568 bits per heavy atom. The van der Waals surface area contributed by atoms with Crippen LogP contribution in [0.4, 0.5) is 8.78 Å². The number of hydrogen-bond acceptors (Lipinski definition) is 10. The highest BCUT2D eigenvalue weighted by atomic mass is 79.9. The summed E-state index contributed by atoms with van der Waals surface area (Å²) in [6, 6.07) is 28.3. The molecule has 2 aromatic heterocycles. The van der Waals surface area contributed by atoms with Crippen LogP contribution in [0.1, 0.15) is 99.6 Å². The highest BCUT2D eigenvalue weighted by Gasteiger charge is 2.31.